The summed E-state index contributed by atoms with van der Waals surface area (Å²) in [5.74, 6) is -1.57. The molecule has 0 spiro atoms. The predicted molar refractivity (Wildman–Crippen MR) is 204 cm³/mol. The third kappa shape index (κ3) is 8.52. The number of urea groups is 1. The molecule has 0 heterocycles. The minimum atomic E-state index is -4.88. The molecule has 0 saturated heterocycles. The van der Waals surface area contributed by atoms with Crippen LogP contribution < -0.4 is 26.5 Å². The summed E-state index contributed by atoms with van der Waals surface area (Å²) in [5, 5.41) is 28.2. The normalized spacial score (nSPS) is 18.1. The first-order chi connectivity index (χ1) is 25.5. The molecule has 2 aromatic carbocycles. The second kappa shape index (κ2) is 14.8. The van der Waals surface area contributed by atoms with E-state index in [0.717, 1.165) is 24.3 Å². The van der Waals surface area contributed by atoms with Crippen molar-refractivity contribution in [1.82, 2.24) is 5.32 Å². The van der Waals surface area contributed by atoms with Gasteiger partial charge in [-0.25, -0.2) is 14.0 Å². The molecule has 54 heavy (non-hydrogen) atoms. The van der Waals surface area contributed by atoms with Crippen molar-refractivity contribution in [3.05, 3.63) is 129 Å². The molecule has 0 unspecified atom stereocenters. The van der Waals surface area contributed by atoms with Crippen LogP contribution in [0.2, 0.25) is 0 Å². The number of hydrogen-bond acceptors (Lipinski definition) is 11. The number of benzene rings is 2. The number of fused-ring (bicyclic) bond motifs is 2. The van der Waals surface area contributed by atoms with E-state index in [1.165, 1.54) is 55.5 Å². The lowest BCUT2D eigenvalue weighted by atomic mass is 9.90. The molecule has 7 N–H and O–H groups in total. The molecule has 0 radical (unpaired) electrons. The number of aliphatic hydroxyl groups is 1. The number of ketones is 1. The second-order valence-electron chi connectivity index (χ2n) is 11.5. The minimum Gasteiger partial charge on any atom is -0.505 e. The largest absolute Gasteiger partial charge is 0.505 e. The fourth-order valence-electron chi connectivity index (χ4n) is 5.26. The lowest BCUT2D eigenvalue weighted by molar-refractivity contribution is -0.115. The molecule has 4 aliphatic rings. The van der Waals surface area contributed by atoms with E-state index in [0.29, 0.717) is 11.4 Å². The van der Waals surface area contributed by atoms with E-state index in [4.69, 9.17) is 0 Å². The highest BCUT2D eigenvalue weighted by Crippen LogP contribution is 2.29. The summed E-state index contributed by atoms with van der Waals surface area (Å²) < 4.78 is 66.9. The van der Waals surface area contributed by atoms with Gasteiger partial charge in [-0.3, -0.25) is 28.7 Å². The van der Waals surface area contributed by atoms with Crippen molar-refractivity contribution in [3.63, 3.8) is 0 Å². The number of carbonyl (C=O) groups is 3. The lowest BCUT2D eigenvalue weighted by Crippen LogP contribution is -2.40. The Bertz CT molecular complexity index is 2720. The van der Waals surface area contributed by atoms with Gasteiger partial charge in [-0.15, -0.1) is 5.10 Å². The van der Waals surface area contributed by atoms with E-state index < -0.39 is 53.5 Å². The Balaban J connectivity index is 1.23. The zero-order chi connectivity index (χ0) is 38.8. The first kappa shape index (κ1) is 37.1. The maximum atomic E-state index is 13.1. The van der Waals surface area contributed by atoms with Gasteiger partial charge in [0.05, 0.1) is 17.1 Å². The number of anilines is 2. The van der Waals surface area contributed by atoms with Crippen LogP contribution >= 0.6 is 0 Å². The van der Waals surface area contributed by atoms with E-state index in [-0.39, 0.29) is 50.1 Å². The highest BCUT2D eigenvalue weighted by atomic mass is 32.2. The standard InChI is InChI=1S/C35H27N7O10S2/c1-19(43)36-22-7-9-24(10-8-22)39-41-29-18-28-21(15-31(29)53(47,48)49)14-26(17-30(28)44)38-35(46)37-25-11-12-27-20(13-25)16-32(54(50,51)52)33(34(27)45)42-40-23-5-3-2-4-6-23/h2-18,40,45H,1H3,(H2,37,38,46)(H,47,48,49)(H2,50,51,52). The zero-order valence-corrected chi connectivity index (χ0v) is 29.3. The summed E-state index contributed by atoms with van der Waals surface area (Å²) in [7, 11) is -9.51. The van der Waals surface area contributed by atoms with Crippen LogP contribution in [0.4, 0.5) is 16.2 Å². The van der Waals surface area contributed by atoms with Crippen LogP contribution in [0.15, 0.2) is 139 Å². The Morgan fingerprint density at radius 1 is 0.778 bits per heavy atom. The number of nitrogens with one attached hydrogen (secondary N) is 3. The maximum absolute atomic E-state index is 13.1. The number of carbonyl (C=O) groups excluding carboxylic acids is 3. The number of aliphatic imine (C=N–C) groups is 1. The molecule has 19 heteroatoms. The van der Waals surface area contributed by atoms with Gasteiger partial charge in [0.15, 0.2) is 11.5 Å². The van der Waals surface area contributed by atoms with Gasteiger partial charge in [-0.05, 0) is 89.7 Å². The van der Waals surface area contributed by atoms with E-state index in [1.54, 1.807) is 30.3 Å². The first-order valence-corrected chi connectivity index (χ1v) is 18.4. The molecule has 0 bridgehead atoms. The first-order valence-electron chi connectivity index (χ1n) is 15.4. The summed E-state index contributed by atoms with van der Waals surface area (Å²) in [4.78, 5) is 39.8. The summed E-state index contributed by atoms with van der Waals surface area (Å²) in [6, 6.07) is 11.8. The van der Waals surface area contributed by atoms with Crippen molar-refractivity contribution in [1.29, 1.82) is 0 Å². The van der Waals surface area contributed by atoms with Crippen molar-refractivity contribution in [3.8, 4) is 0 Å². The van der Waals surface area contributed by atoms with Crippen LogP contribution in [0, 0.1) is 0 Å². The Kier molecular flexibility index (Phi) is 10.2. The Morgan fingerprint density at radius 3 is 2.15 bits per heavy atom. The van der Waals surface area contributed by atoms with Crippen molar-refractivity contribution in [2.45, 2.75) is 6.92 Å². The number of nitrogens with zero attached hydrogens (tertiary/aromatic N) is 4. The molecule has 0 atom stereocenters. The predicted octanol–water partition coefficient (Wildman–Crippen LogP) is 2.15. The van der Waals surface area contributed by atoms with Crippen LogP contribution in [0.25, 0.3) is 11.8 Å². The molecule has 17 nitrogen and oxygen atoms in total. The number of para-hydroxylation sites is 1. The smallest absolute Gasteiger partial charge is 0.323 e. The number of hydrogen-bond donors (Lipinski definition) is 7. The quantitative estimate of drug-likeness (QED) is 0.0968. The molecular weight excluding hydrogens is 743 g/mol. The molecule has 6 rings (SSSR count). The molecule has 0 fully saturated rings. The molecule has 3 amide bonds. The monoisotopic (exact) mass is 769 g/mol. The molecule has 274 valence electrons. The molecule has 2 aromatic rings. The van der Waals surface area contributed by atoms with Crippen molar-refractivity contribution < 1.29 is 45.8 Å². The van der Waals surface area contributed by atoms with Crippen LogP contribution in [0.3, 0.4) is 0 Å². The number of allylic oxidation sites excluding steroid dienone is 11. The average molecular weight is 770 g/mol. The molecular formula is C35H27N7O10S2. The van der Waals surface area contributed by atoms with Gasteiger partial charge in [-0.1, -0.05) is 18.2 Å². The second-order valence-corrected chi connectivity index (χ2v) is 14.3. The lowest BCUT2D eigenvalue weighted by Gasteiger charge is -2.20. The van der Waals surface area contributed by atoms with Gasteiger partial charge in [0.25, 0.3) is 10.1 Å². The third-order valence-electron chi connectivity index (χ3n) is 7.61. The van der Waals surface area contributed by atoms with Gasteiger partial charge >= 0.3 is 6.03 Å². The average Bonchev–Trinajstić information content (AvgIpc) is 3.10. The van der Waals surface area contributed by atoms with Crippen molar-refractivity contribution in [2.24, 2.45) is 20.3 Å². The number of aliphatic hydroxyl groups excluding tert-OH is 1. The Morgan fingerprint density at radius 2 is 1.48 bits per heavy atom. The van der Waals surface area contributed by atoms with Crippen LogP contribution in [-0.2, 0) is 29.8 Å². The third-order valence-corrected chi connectivity index (χ3v) is 9.37. The van der Waals surface area contributed by atoms with Crippen LogP contribution in [0.1, 0.15) is 6.92 Å². The fourth-order valence-corrected chi connectivity index (χ4v) is 6.57. The van der Waals surface area contributed by atoms with Gasteiger partial charge in [0.1, 0.15) is 21.2 Å². The summed E-state index contributed by atoms with van der Waals surface area (Å²) >= 11 is 0. The van der Waals surface area contributed by atoms with Crippen LogP contribution in [0.5, 0.6) is 0 Å². The Hall–Kier alpha value is -6.64. The fraction of sp³-hybridized carbons (Fsp3) is 0.0286. The van der Waals surface area contributed by atoms with Gasteiger partial charge in [0, 0.05) is 35.2 Å². The SMILES string of the molecule is CC(=O)N=C1C=CC(=NN=C2C=C3C(=O)C=C(NC(=O)Nc4ccc5c(c4)=CC(=S(=O)(O)O)C(=NNc4ccccc4)C=5O)C=C3C=C2S(=O)(=O)O)C=C1. The van der Waals surface area contributed by atoms with E-state index in [2.05, 4.69) is 36.4 Å². The zero-order valence-electron chi connectivity index (χ0n) is 27.7. The summed E-state index contributed by atoms with van der Waals surface area (Å²) in [6.07, 6.45) is 11.6. The maximum Gasteiger partial charge on any atom is 0.323 e. The summed E-state index contributed by atoms with van der Waals surface area (Å²) in [6.45, 7) is 1.29. The topological polar surface area (TPSA) is 269 Å². The van der Waals surface area contributed by atoms with E-state index in [1.807, 2.05) is 0 Å². The molecule has 0 aromatic heterocycles. The molecule has 0 saturated carbocycles. The van der Waals surface area contributed by atoms with E-state index >= 15 is 0 Å². The number of hydrazone groups is 1. The summed E-state index contributed by atoms with van der Waals surface area (Å²) in [5.41, 5.74) is 3.18. The van der Waals surface area contributed by atoms with Gasteiger partial charge in [-0.2, -0.15) is 18.6 Å². The Labute approximate surface area is 306 Å². The van der Waals surface area contributed by atoms with Crippen molar-refractivity contribution >= 4 is 88.8 Å². The van der Waals surface area contributed by atoms with Crippen LogP contribution in [-0.4, -0.2) is 76.8 Å². The number of amides is 3. The van der Waals surface area contributed by atoms with Crippen molar-refractivity contribution in [2.75, 3.05) is 10.7 Å². The van der Waals surface area contributed by atoms with E-state index in [9.17, 15) is 45.8 Å². The highest BCUT2D eigenvalue weighted by Gasteiger charge is 2.30. The molecule has 4 aliphatic carbocycles. The van der Waals surface area contributed by atoms with Gasteiger partial charge in [0.2, 0.25) is 16.0 Å². The number of rotatable bonds is 6. The minimum absolute atomic E-state index is 0.00234. The highest BCUT2D eigenvalue weighted by molar-refractivity contribution is 7.94. The van der Waals surface area contributed by atoms with Gasteiger partial charge < -0.3 is 15.7 Å². The molecule has 0 aliphatic heterocycles.